The fourth-order valence-corrected chi connectivity index (χ4v) is 1.92. The Bertz CT molecular complexity index is 513. The summed E-state index contributed by atoms with van der Waals surface area (Å²) in [6.45, 7) is 8.03. The molecule has 0 fully saturated rings. The Hall–Kier alpha value is -1.62. The number of hydrogen-bond donors (Lipinski definition) is 1. The van der Waals surface area contributed by atoms with Gasteiger partial charge in [0.15, 0.2) is 12.2 Å². The predicted octanol–water partition coefficient (Wildman–Crippen LogP) is 2.13. The molecule has 18 heavy (non-hydrogen) atoms. The van der Waals surface area contributed by atoms with Gasteiger partial charge in [0, 0.05) is 19.8 Å². The van der Waals surface area contributed by atoms with E-state index in [1.807, 2.05) is 20.2 Å². The zero-order valence-corrected chi connectivity index (χ0v) is 11.4. The standard InChI is InChI=1S/C13H20N4O/c1-9(2)5-14-6-12-13(18-8-15-12)11-7-17(4)16-10(11)3/h7-9,14H,5-6H2,1-4H3. The average molecular weight is 248 g/mol. The van der Waals surface area contributed by atoms with Crippen LogP contribution in [0.25, 0.3) is 11.3 Å². The summed E-state index contributed by atoms with van der Waals surface area (Å²) in [4.78, 5) is 4.27. The highest BCUT2D eigenvalue weighted by Gasteiger charge is 2.15. The Morgan fingerprint density at radius 3 is 2.83 bits per heavy atom. The van der Waals surface area contributed by atoms with Crippen LogP contribution in [0.4, 0.5) is 0 Å². The van der Waals surface area contributed by atoms with E-state index < -0.39 is 0 Å². The molecule has 2 rings (SSSR count). The summed E-state index contributed by atoms with van der Waals surface area (Å²) in [5, 5.41) is 7.70. The van der Waals surface area contributed by atoms with Crippen molar-refractivity contribution in [2.24, 2.45) is 13.0 Å². The van der Waals surface area contributed by atoms with Crippen LogP contribution in [0, 0.1) is 12.8 Å². The number of hydrogen-bond acceptors (Lipinski definition) is 4. The van der Waals surface area contributed by atoms with Crippen molar-refractivity contribution in [3.63, 3.8) is 0 Å². The molecule has 0 bridgehead atoms. The van der Waals surface area contributed by atoms with E-state index in [4.69, 9.17) is 4.42 Å². The molecule has 2 aromatic rings. The lowest BCUT2D eigenvalue weighted by molar-refractivity contribution is 0.545. The summed E-state index contributed by atoms with van der Waals surface area (Å²) in [6, 6.07) is 0. The van der Waals surface area contributed by atoms with Crippen LogP contribution in [0.5, 0.6) is 0 Å². The van der Waals surface area contributed by atoms with Crippen molar-refractivity contribution < 1.29 is 4.42 Å². The van der Waals surface area contributed by atoms with Crippen LogP contribution in [0.15, 0.2) is 17.0 Å². The lowest BCUT2D eigenvalue weighted by atomic mass is 10.1. The van der Waals surface area contributed by atoms with Crippen molar-refractivity contribution >= 4 is 0 Å². The van der Waals surface area contributed by atoms with Crippen LogP contribution in [0.1, 0.15) is 25.2 Å². The second-order valence-electron chi connectivity index (χ2n) is 4.95. The van der Waals surface area contributed by atoms with Gasteiger partial charge in [0.05, 0.1) is 11.3 Å². The van der Waals surface area contributed by atoms with Crippen LogP contribution < -0.4 is 5.32 Å². The molecule has 0 unspecified atom stereocenters. The number of nitrogens with zero attached hydrogens (tertiary/aromatic N) is 3. The molecule has 0 atom stereocenters. The number of oxazole rings is 1. The minimum atomic E-state index is 0.625. The SMILES string of the molecule is Cc1nn(C)cc1-c1ocnc1CNCC(C)C. The first-order valence-corrected chi connectivity index (χ1v) is 6.21. The highest BCUT2D eigenvalue weighted by molar-refractivity contribution is 5.61. The molecule has 98 valence electrons. The van der Waals surface area contributed by atoms with Crippen molar-refractivity contribution in [1.82, 2.24) is 20.1 Å². The zero-order valence-electron chi connectivity index (χ0n) is 11.4. The number of nitrogens with one attached hydrogen (secondary N) is 1. The van der Waals surface area contributed by atoms with Gasteiger partial charge in [0.1, 0.15) is 5.69 Å². The first-order valence-electron chi connectivity index (χ1n) is 6.21. The van der Waals surface area contributed by atoms with Crippen molar-refractivity contribution in [2.75, 3.05) is 6.54 Å². The van der Waals surface area contributed by atoms with E-state index >= 15 is 0 Å². The molecule has 0 spiro atoms. The molecule has 0 amide bonds. The summed E-state index contributed by atoms with van der Waals surface area (Å²) in [6.07, 6.45) is 3.45. The average Bonchev–Trinajstić information content (AvgIpc) is 2.84. The molecule has 0 saturated carbocycles. The molecular formula is C13H20N4O. The fraction of sp³-hybridized carbons (Fsp3) is 0.538. The second-order valence-corrected chi connectivity index (χ2v) is 4.95. The minimum absolute atomic E-state index is 0.625. The predicted molar refractivity (Wildman–Crippen MR) is 70.0 cm³/mol. The van der Waals surface area contributed by atoms with E-state index in [0.29, 0.717) is 5.92 Å². The Labute approximate surface area is 107 Å². The normalized spacial score (nSPS) is 11.4. The third-order valence-electron chi connectivity index (χ3n) is 2.74. The van der Waals surface area contributed by atoms with Gasteiger partial charge in [-0.05, 0) is 19.4 Å². The van der Waals surface area contributed by atoms with Gasteiger partial charge in [-0.25, -0.2) is 4.98 Å². The first kappa shape index (κ1) is 12.8. The largest absolute Gasteiger partial charge is 0.443 e. The molecule has 5 nitrogen and oxygen atoms in total. The van der Waals surface area contributed by atoms with Gasteiger partial charge in [-0.3, -0.25) is 4.68 Å². The summed E-state index contributed by atoms with van der Waals surface area (Å²) in [7, 11) is 1.91. The lowest BCUT2D eigenvalue weighted by Crippen LogP contribution is -2.19. The van der Waals surface area contributed by atoms with Gasteiger partial charge >= 0.3 is 0 Å². The maximum atomic E-state index is 5.50. The fourth-order valence-electron chi connectivity index (χ4n) is 1.92. The Morgan fingerprint density at radius 1 is 1.44 bits per heavy atom. The number of aromatic nitrogens is 3. The molecular weight excluding hydrogens is 228 g/mol. The van der Waals surface area contributed by atoms with Crippen LogP contribution in [0.3, 0.4) is 0 Å². The number of aryl methyl sites for hydroxylation is 2. The van der Waals surface area contributed by atoms with Gasteiger partial charge < -0.3 is 9.73 Å². The molecule has 0 saturated heterocycles. The van der Waals surface area contributed by atoms with Crippen molar-refractivity contribution in [3.8, 4) is 11.3 Å². The van der Waals surface area contributed by atoms with E-state index in [-0.39, 0.29) is 0 Å². The second kappa shape index (κ2) is 5.35. The molecule has 1 N–H and O–H groups in total. The highest BCUT2D eigenvalue weighted by Crippen LogP contribution is 2.25. The molecule has 0 aliphatic heterocycles. The molecule has 5 heteroatoms. The van der Waals surface area contributed by atoms with Crippen LogP contribution in [-0.4, -0.2) is 21.3 Å². The van der Waals surface area contributed by atoms with Gasteiger partial charge in [-0.1, -0.05) is 13.8 Å². The maximum Gasteiger partial charge on any atom is 0.181 e. The molecule has 2 aromatic heterocycles. The highest BCUT2D eigenvalue weighted by atomic mass is 16.3. The monoisotopic (exact) mass is 248 g/mol. The Kier molecular flexibility index (Phi) is 3.81. The van der Waals surface area contributed by atoms with E-state index in [9.17, 15) is 0 Å². The third kappa shape index (κ3) is 2.79. The smallest absolute Gasteiger partial charge is 0.181 e. The first-order chi connectivity index (χ1) is 8.58. The Morgan fingerprint density at radius 2 is 2.22 bits per heavy atom. The van der Waals surface area contributed by atoms with E-state index in [0.717, 1.165) is 35.8 Å². The summed E-state index contributed by atoms with van der Waals surface area (Å²) < 4.78 is 7.29. The van der Waals surface area contributed by atoms with Crippen molar-refractivity contribution in [2.45, 2.75) is 27.3 Å². The maximum absolute atomic E-state index is 5.50. The molecule has 2 heterocycles. The summed E-state index contributed by atoms with van der Waals surface area (Å²) in [5.74, 6) is 1.44. The van der Waals surface area contributed by atoms with Crippen molar-refractivity contribution in [1.29, 1.82) is 0 Å². The molecule has 0 aliphatic carbocycles. The van der Waals surface area contributed by atoms with Gasteiger partial charge in [-0.2, -0.15) is 5.10 Å². The lowest BCUT2D eigenvalue weighted by Gasteiger charge is -2.06. The minimum Gasteiger partial charge on any atom is -0.443 e. The van der Waals surface area contributed by atoms with Crippen LogP contribution in [-0.2, 0) is 13.6 Å². The Balaban J connectivity index is 2.15. The van der Waals surface area contributed by atoms with E-state index in [1.165, 1.54) is 6.39 Å². The molecule has 0 radical (unpaired) electrons. The molecule has 0 aliphatic rings. The third-order valence-corrected chi connectivity index (χ3v) is 2.74. The topological polar surface area (TPSA) is 55.9 Å². The molecule has 0 aromatic carbocycles. The van der Waals surface area contributed by atoms with Crippen LogP contribution >= 0.6 is 0 Å². The van der Waals surface area contributed by atoms with Gasteiger partial charge in [0.2, 0.25) is 0 Å². The zero-order chi connectivity index (χ0) is 13.1. The van der Waals surface area contributed by atoms with E-state index in [2.05, 4.69) is 29.2 Å². The summed E-state index contributed by atoms with van der Waals surface area (Å²) >= 11 is 0. The van der Waals surface area contributed by atoms with Crippen molar-refractivity contribution in [3.05, 3.63) is 24.0 Å². The van der Waals surface area contributed by atoms with Gasteiger partial charge in [-0.15, -0.1) is 0 Å². The van der Waals surface area contributed by atoms with E-state index in [1.54, 1.807) is 4.68 Å². The van der Waals surface area contributed by atoms with Crippen LogP contribution in [0.2, 0.25) is 0 Å². The summed E-state index contributed by atoms with van der Waals surface area (Å²) in [5.41, 5.74) is 2.91. The number of rotatable bonds is 5. The quantitative estimate of drug-likeness (QED) is 0.880. The van der Waals surface area contributed by atoms with Gasteiger partial charge in [0.25, 0.3) is 0 Å².